The smallest absolute Gasteiger partial charge is 0.271 e. The number of aryl methyl sites for hydroxylation is 1. The quantitative estimate of drug-likeness (QED) is 0.751. The number of carbonyl (C=O) groups excluding carboxylic acids is 1. The Morgan fingerprint density at radius 2 is 1.77 bits per heavy atom. The van der Waals surface area contributed by atoms with E-state index in [1.165, 1.54) is 11.3 Å². The zero-order chi connectivity index (χ0) is 18.1. The van der Waals surface area contributed by atoms with Gasteiger partial charge in [0.1, 0.15) is 6.10 Å². The number of nitrogens with zero attached hydrogens (tertiary/aromatic N) is 1. The van der Waals surface area contributed by atoms with Crippen molar-refractivity contribution in [1.82, 2.24) is 4.98 Å². The minimum Gasteiger partial charge on any atom is -0.482 e. The van der Waals surface area contributed by atoms with Gasteiger partial charge in [-0.25, -0.2) is 4.98 Å². The molecule has 1 aliphatic rings. The fourth-order valence-corrected chi connectivity index (χ4v) is 3.61. The monoisotopic (exact) mass is 366 g/mol. The molecule has 0 bridgehead atoms. The molecule has 2 unspecified atom stereocenters. The molecule has 132 valence electrons. The Morgan fingerprint density at radius 1 is 1.08 bits per heavy atom. The molecule has 1 amide bonds. The average Bonchev–Trinajstić information content (AvgIpc) is 3.09. The summed E-state index contributed by atoms with van der Waals surface area (Å²) in [6.45, 7) is 3.86. The third-order valence-electron chi connectivity index (χ3n) is 4.26. The van der Waals surface area contributed by atoms with E-state index in [-0.39, 0.29) is 12.0 Å². The lowest BCUT2D eigenvalue weighted by Gasteiger charge is -2.30. The van der Waals surface area contributed by atoms with Gasteiger partial charge in [0.15, 0.2) is 16.6 Å². The molecule has 0 aliphatic carbocycles. The summed E-state index contributed by atoms with van der Waals surface area (Å²) in [5, 5.41) is 5.33. The maximum atomic E-state index is 12.7. The highest BCUT2D eigenvalue weighted by atomic mass is 32.1. The Balaban J connectivity index is 1.50. The van der Waals surface area contributed by atoms with Crippen molar-refractivity contribution in [3.05, 3.63) is 59.5 Å². The summed E-state index contributed by atoms with van der Waals surface area (Å²) >= 11 is 1.39. The van der Waals surface area contributed by atoms with E-state index in [4.69, 9.17) is 9.47 Å². The van der Waals surface area contributed by atoms with Crippen molar-refractivity contribution >= 4 is 22.4 Å². The SMILES string of the molecule is Cc1ccccc1-c1csc(NC(=O)C2Oc3ccccc3OC2C)n1. The summed E-state index contributed by atoms with van der Waals surface area (Å²) < 4.78 is 11.6. The maximum absolute atomic E-state index is 12.7. The van der Waals surface area contributed by atoms with Gasteiger partial charge in [-0.05, 0) is 31.5 Å². The van der Waals surface area contributed by atoms with Crippen LogP contribution < -0.4 is 14.8 Å². The van der Waals surface area contributed by atoms with Gasteiger partial charge in [-0.1, -0.05) is 36.4 Å². The summed E-state index contributed by atoms with van der Waals surface area (Å²) in [6.07, 6.45) is -1.11. The van der Waals surface area contributed by atoms with Crippen LogP contribution in [0.4, 0.5) is 5.13 Å². The first-order valence-electron chi connectivity index (χ1n) is 8.36. The van der Waals surface area contributed by atoms with Crippen LogP contribution in [0.25, 0.3) is 11.3 Å². The van der Waals surface area contributed by atoms with Crippen molar-refractivity contribution < 1.29 is 14.3 Å². The van der Waals surface area contributed by atoms with Crippen LogP contribution >= 0.6 is 11.3 Å². The molecule has 1 N–H and O–H groups in total. The molecule has 6 heteroatoms. The Kier molecular flexibility index (Phi) is 4.34. The van der Waals surface area contributed by atoms with Crippen LogP contribution in [-0.4, -0.2) is 23.1 Å². The summed E-state index contributed by atoms with van der Waals surface area (Å²) in [4.78, 5) is 17.2. The zero-order valence-electron chi connectivity index (χ0n) is 14.4. The van der Waals surface area contributed by atoms with Crippen molar-refractivity contribution in [2.75, 3.05) is 5.32 Å². The van der Waals surface area contributed by atoms with Crippen LogP contribution in [0, 0.1) is 6.92 Å². The molecule has 1 aromatic heterocycles. The molecule has 3 aromatic rings. The number of para-hydroxylation sites is 2. The Morgan fingerprint density at radius 3 is 2.54 bits per heavy atom. The summed E-state index contributed by atoms with van der Waals surface area (Å²) in [5.74, 6) is 0.961. The third-order valence-corrected chi connectivity index (χ3v) is 5.01. The molecule has 0 fully saturated rings. The summed E-state index contributed by atoms with van der Waals surface area (Å²) in [5.41, 5.74) is 3.05. The second kappa shape index (κ2) is 6.80. The highest BCUT2D eigenvalue weighted by molar-refractivity contribution is 7.14. The van der Waals surface area contributed by atoms with Gasteiger partial charge in [-0.2, -0.15) is 0 Å². The summed E-state index contributed by atoms with van der Waals surface area (Å²) in [7, 11) is 0. The molecular formula is C20H18N2O3S. The van der Waals surface area contributed by atoms with Crippen molar-refractivity contribution in [2.45, 2.75) is 26.1 Å². The van der Waals surface area contributed by atoms with Crippen molar-refractivity contribution in [3.63, 3.8) is 0 Å². The average molecular weight is 366 g/mol. The van der Waals surface area contributed by atoms with E-state index in [1.807, 2.05) is 61.7 Å². The number of aromatic nitrogens is 1. The van der Waals surface area contributed by atoms with Gasteiger partial charge in [-0.3, -0.25) is 10.1 Å². The predicted octanol–water partition coefficient (Wildman–Crippen LogP) is 4.29. The third kappa shape index (κ3) is 3.15. The number of thiazole rings is 1. The number of nitrogens with one attached hydrogen (secondary N) is 1. The normalized spacial score (nSPS) is 18.4. The van der Waals surface area contributed by atoms with Gasteiger partial charge in [0.05, 0.1) is 5.69 Å². The number of amides is 1. The molecule has 5 nitrogen and oxygen atoms in total. The number of ether oxygens (including phenoxy) is 2. The van der Waals surface area contributed by atoms with Gasteiger partial charge in [-0.15, -0.1) is 11.3 Å². The van der Waals surface area contributed by atoms with Gasteiger partial charge in [0.2, 0.25) is 6.10 Å². The fourth-order valence-electron chi connectivity index (χ4n) is 2.90. The minimum atomic E-state index is -0.726. The molecule has 1 aliphatic heterocycles. The van der Waals surface area contributed by atoms with Crippen LogP contribution in [0.2, 0.25) is 0 Å². The number of hydrogen-bond acceptors (Lipinski definition) is 5. The largest absolute Gasteiger partial charge is 0.482 e. The van der Waals surface area contributed by atoms with Crippen LogP contribution in [0.5, 0.6) is 11.5 Å². The topological polar surface area (TPSA) is 60.5 Å². The second-order valence-electron chi connectivity index (χ2n) is 6.15. The Bertz CT molecular complexity index is 953. The zero-order valence-corrected chi connectivity index (χ0v) is 15.2. The lowest BCUT2D eigenvalue weighted by Crippen LogP contribution is -2.46. The minimum absolute atomic E-state index is 0.266. The number of fused-ring (bicyclic) bond motifs is 1. The number of rotatable bonds is 3. The first kappa shape index (κ1) is 16.6. The van der Waals surface area contributed by atoms with E-state index in [2.05, 4.69) is 10.3 Å². The molecule has 0 spiro atoms. The first-order chi connectivity index (χ1) is 12.6. The first-order valence-corrected chi connectivity index (χ1v) is 9.24. The van der Waals surface area contributed by atoms with Gasteiger partial charge >= 0.3 is 0 Å². The van der Waals surface area contributed by atoms with E-state index in [1.54, 1.807) is 6.07 Å². The number of anilines is 1. The second-order valence-corrected chi connectivity index (χ2v) is 7.01. The molecule has 2 aromatic carbocycles. The predicted molar refractivity (Wildman–Crippen MR) is 102 cm³/mol. The molecule has 0 radical (unpaired) electrons. The van der Waals surface area contributed by atoms with Gasteiger partial charge < -0.3 is 9.47 Å². The number of benzene rings is 2. The van der Waals surface area contributed by atoms with E-state index >= 15 is 0 Å². The van der Waals surface area contributed by atoms with Crippen LogP contribution in [-0.2, 0) is 4.79 Å². The molecule has 2 heterocycles. The molecule has 2 atom stereocenters. The van der Waals surface area contributed by atoms with Crippen LogP contribution in [0.1, 0.15) is 12.5 Å². The molecule has 0 saturated carbocycles. The van der Waals surface area contributed by atoms with Gasteiger partial charge in [0.25, 0.3) is 5.91 Å². The van der Waals surface area contributed by atoms with Crippen molar-refractivity contribution in [3.8, 4) is 22.8 Å². The lowest BCUT2D eigenvalue weighted by molar-refractivity contribution is -0.128. The molecule has 0 saturated heterocycles. The maximum Gasteiger partial charge on any atom is 0.271 e. The van der Waals surface area contributed by atoms with Crippen molar-refractivity contribution in [1.29, 1.82) is 0 Å². The highest BCUT2D eigenvalue weighted by Crippen LogP contribution is 2.34. The number of hydrogen-bond donors (Lipinski definition) is 1. The van der Waals surface area contributed by atoms with E-state index < -0.39 is 6.10 Å². The Hall–Kier alpha value is -2.86. The molecular weight excluding hydrogens is 348 g/mol. The van der Waals surface area contributed by atoms with Crippen molar-refractivity contribution in [2.24, 2.45) is 0 Å². The van der Waals surface area contributed by atoms with Gasteiger partial charge in [0, 0.05) is 10.9 Å². The highest BCUT2D eigenvalue weighted by Gasteiger charge is 2.34. The van der Waals surface area contributed by atoms with E-state index in [9.17, 15) is 4.79 Å². The molecule has 26 heavy (non-hydrogen) atoms. The number of carbonyl (C=O) groups is 1. The van der Waals surface area contributed by atoms with E-state index in [0.29, 0.717) is 16.6 Å². The van der Waals surface area contributed by atoms with Crippen LogP contribution in [0.15, 0.2) is 53.9 Å². The fraction of sp³-hybridized carbons (Fsp3) is 0.200. The molecule has 4 rings (SSSR count). The Labute approximate surface area is 155 Å². The summed E-state index contributed by atoms with van der Waals surface area (Å²) in [6, 6.07) is 15.4. The lowest BCUT2D eigenvalue weighted by atomic mass is 10.1. The standard InChI is InChI=1S/C20H18N2O3S/c1-12-7-3-4-8-14(12)15-11-26-20(21-15)22-19(23)18-13(2)24-16-9-5-6-10-17(16)25-18/h3-11,13,18H,1-2H3,(H,21,22,23). The van der Waals surface area contributed by atoms with E-state index in [0.717, 1.165) is 16.8 Å². The van der Waals surface area contributed by atoms with Crippen LogP contribution in [0.3, 0.4) is 0 Å².